The zero-order chi connectivity index (χ0) is 28.4. The van der Waals surface area contributed by atoms with Crippen LogP contribution >= 0.6 is 22.9 Å². The Bertz CT molecular complexity index is 1150. The Morgan fingerprint density at radius 1 is 0.900 bits per heavy atom. The normalized spacial score (nSPS) is 11.0. The van der Waals surface area contributed by atoms with Crippen LogP contribution in [-0.2, 0) is 11.3 Å². The zero-order valence-electron chi connectivity index (χ0n) is 24.3. The Balaban J connectivity index is 1.34. The number of nitrogens with one attached hydrogen (secondary N) is 1. The number of amides is 1. The molecule has 218 valence electrons. The number of benzene rings is 2. The SMILES string of the molecule is CCCCCCCCCCCCCCOc1c(Cl)cccc1OCC(=O)Nc1cccc(C[n+]2cscc2C)c1. The summed E-state index contributed by atoms with van der Waals surface area (Å²) >= 11 is 8.08. The summed E-state index contributed by atoms with van der Waals surface area (Å²) in [6.45, 7) is 5.57. The Hall–Kier alpha value is -2.57. The third kappa shape index (κ3) is 11.9. The molecule has 7 heteroatoms. The van der Waals surface area contributed by atoms with Crippen LogP contribution in [0.4, 0.5) is 5.69 Å². The number of carbonyl (C=O) groups is 1. The minimum atomic E-state index is -0.233. The van der Waals surface area contributed by atoms with Crippen LogP contribution in [-0.4, -0.2) is 19.1 Å². The summed E-state index contributed by atoms with van der Waals surface area (Å²) < 4.78 is 14.0. The van der Waals surface area contributed by atoms with E-state index in [9.17, 15) is 4.79 Å². The average Bonchev–Trinajstić information content (AvgIpc) is 3.35. The number of rotatable bonds is 20. The summed E-state index contributed by atoms with van der Waals surface area (Å²) in [6, 6.07) is 13.3. The van der Waals surface area contributed by atoms with Crippen LogP contribution in [0.15, 0.2) is 53.4 Å². The maximum atomic E-state index is 12.6. The minimum absolute atomic E-state index is 0.127. The van der Waals surface area contributed by atoms with Crippen molar-refractivity contribution in [3.8, 4) is 11.5 Å². The number of aromatic nitrogens is 1. The summed E-state index contributed by atoms with van der Waals surface area (Å²) in [7, 11) is 0. The summed E-state index contributed by atoms with van der Waals surface area (Å²) in [5.41, 5.74) is 5.17. The van der Waals surface area contributed by atoms with Crippen LogP contribution < -0.4 is 19.4 Å². The van der Waals surface area contributed by atoms with E-state index >= 15 is 0 Å². The molecule has 2 aromatic carbocycles. The number of carbonyl (C=O) groups excluding carboxylic acids is 1. The van der Waals surface area contributed by atoms with E-state index < -0.39 is 0 Å². The lowest BCUT2D eigenvalue weighted by molar-refractivity contribution is -0.689. The highest BCUT2D eigenvalue weighted by Crippen LogP contribution is 2.35. The summed E-state index contributed by atoms with van der Waals surface area (Å²) in [5.74, 6) is 0.758. The van der Waals surface area contributed by atoms with Crippen LogP contribution in [0.5, 0.6) is 11.5 Å². The highest BCUT2D eigenvalue weighted by atomic mass is 35.5. The standard InChI is InChI=1S/C33H45ClN2O3S/c1-3-4-5-6-7-8-9-10-11-12-13-14-21-38-33-30(34)19-16-20-31(33)39-24-32(37)35-29-18-15-17-28(22-29)23-36-26-40-25-27(36)2/h15-20,22,25-26H,3-14,21,23-24H2,1-2H3/p+1. The molecule has 1 N–H and O–H groups in total. The fraction of sp³-hybridized carbons (Fsp3) is 0.515. The number of hydrogen-bond acceptors (Lipinski definition) is 4. The molecule has 40 heavy (non-hydrogen) atoms. The fourth-order valence-electron chi connectivity index (χ4n) is 4.66. The van der Waals surface area contributed by atoms with Gasteiger partial charge < -0.3 is 14.8 Å². The quantitative estimate of drug-likeness (QED) is 0.106. The molecule has 5 nitrogen and oxygen atoms in total. The van der Waals surface area contributed by atoms with E-state index in [1.807, 2.05) is 18.2 Å². The number of aryl methyl sites for hydroxylation is 1. The number of unbranched alkanes of at least 4 members (excludes halogenated alkanes) is 11. The molecular formula is C33H46ClN2O3S+. The molecule has 0 saturated carbocycles. The number of thiazole rings is 1. The van der Waals surface area contributed by atoms with Gasteiger partial charge in [0.05, 0.1) is 17.0 Å². The molecule has 3 rings (SSSR count). The smallest absolute Gasteiger partial charge is 0.262 e. The lowest BCUT2D eigenvalue weighted by atomic mass is 10.1. The van der Waals surface area contributed by atoms with Crippen molar-refractivity contribution >= 4 is 34.5 Å². The van der Waals surface area contributed by atoms with Gasteiger partial charge in [-0.2, -0.15) is 4.57 Å². The zero-order valence-corrected chi connectivity index (χ0v) is 25.8. The van der Waals surface area contributed by atoms with Crippen molar-refractivity contribution < 1.29 is 18.8 Å². The molecule has 0 unspecified atom stereocenters. The van der Waals surface area contributed by atoms with E-state index in [0.717, 1.165) is 30.6 Å². The second-order valence-electron chi connectivity index (χ2n) is 10.5. The van der Waals surface area contributed by atoms with Crippen LogP contribution in [0, 0.1) is 6.92 Å². The third-order valence-corrected chi connectivity index (χ3v) is 8.13. The van der Waals surface area contributed by atoms with Gasteiger partial charge in [-0.15, -0.1) is 0 Å². The van der Waals surface area contributed by atoms with Crippen molar-refractivity contribution in [1.29, 1.82) is 0 Å². The second-order valence-corrected chi connectivity index (χ2v) is 11.6. The molecule has 0 spiro atoms. The van der Waals surface area contributed by atoms with E-state index in [1.165, 1.54) is 69.9 Å². The van der Waals surface area contributed by atoms with Crippen molar-refractivity contribution in [2.45, 2.75) is 97.4 Å². The molecule has 0 fully saturated rings. The Morgan fingerprint density at radius 2 is 1.57 bits per heavy atom. The highest BCUT2D eigenvalue weighted by molar-refractivity contribution is 7.07. The summed E-state index contributed by atoms with van der Waals surface area (Å²) in [5, 5.41) is 5.54. The van der Waals surface area contributed by atoms with Crippen LogP contribution in [0.3, 0.4) is 0 Å². The Morgan fingerprint density at radius 3 is 2.25 bits per heavy atom. The van der Waals surface area contributed by atoms with Crippen LogP contribution in [0.2, 0.25) is 5.02 Å². The second kappa shape index (κ2) is 18.7. The van der Waals surface area contributed by atoms with Gasteiger partial charge in [-0.1, -0.05) is 119 Å². The van der Waals surface area contributed by atoms with Gasteiger partial charge in [0.2, 0.25) is 5.51 Å². The monoisotopic (exact) mass is 585 g/mol. The fourth-order valence-corrected chi connectivity index (χ4v) is 5.66. The third-order valence-electron chi connectivity index (χ3n) is 6.98. The first-order valence-corrected chi connectivity index (χ1v) is 16.2. The molecule has 1 heterocycles. The predicted octanol–water partition coefficient (Wildman–Crippen LogP) is 9.14. The molecule has 0 aliphatic heterocycles. The molecule has 0 saturated heterocycles. The van der Waals surface area contributed by atoms with E-state index in [0.29, 0.717) is 23.1 Å². The first kappa shape index (κ1) is 32.0. The highest BCUT2D eigenvalue weighted by Gasteiger charge is 2.13. The number of hydrogen-bond donors (Lipinski definition) is 1. The number of halogens is 1. The first-order valence-electron chi connectivity index (χ1n) is 14.9. The number of nitrogens with zero attached hydrogens (tertiary/aromatic N) is 1. The van der Waals surface area contributed by atoms with Gasteiger partial charge >= 0.3 is 0 Å². The largest absolute Gasteiger partial charge is 0.488 e. The number of anilines is 1. The van der Waals surface area contributed by atoms with Gasteiger partial charge in [-0.25, -0.2) is 0 Å². The Labute approximate surface area is 249 Å². The van der Waals surface area contributed by atoms with Gasteiger partial charge in [0.15, 0.2) is 30.3 Å². The maximum Gasteiger partial charge on any atom is 0.262 e. The molecule has 0 radical (unpaired) electrons. The van der Waals surface area contributed by atoms with Gasteiger partial charge in [0.1, 0.15) is 0 Å². The molecule has 3 aromatic rings. The van der Waals surface area contributed by atoms with Crippen molar-refractivity contribution in [3.63, 3.8) is 0 Å². The molecule has 0 bridgehead atoms. The van der Waals surface area contributed by atoms with Gasteiger partial charge in [-0.05, 0) is 30.7 Å². The van der Waals surface area contributed by atoms with Gasteiger partial charge in [-0.3, -0.25) is 4.79 Å². The van der Waals surface area contributed by atoms with Crippen molar-refractivity contribution in [2.75, 3.05) is 18.5 Å². The lowest BCUT2D eigenvalue weighted by Crippen LogP contribution is -2.34. The molecule has 1 amide bonds. The summed E-state index contributed by atoms with van der Waals surface area (Å²) in [6.07, 6.45) is 15.6. The number of ether oxygens (including phenoxy) is 2. The first-order chi connectivity index (χ1) is 19.6. The minimum Gasteiger partial charge on any atom is -0.488 e. The molecule has 0 aliphatic carbocycles. The van der Waals surface area contributed by atoms with Crippen LogP contribution in [0.25, 0.3) is 0 Å². The van der Waals surface area contributed by atoms with Crippen LogP contribution in [0.1, 0.15) is 95.2 Å². The molecule has 0 atom stereocenters. The number of para-hydroxylation sites is 1. The average molecular weight is 586 g/mol. The topological polar surface area (TPSA) is 51.4 Å². The van der Waals surface area contributed by atoms with E-state index in [4.69, 9.17) is 21.1 Å². The van der Waals surface area contributed by atoms with Crippen molar-refractivity contribution in [2.24, 2.45) is 0 Å². The van der Waals surface area contributed by atoms with Crippen molar-refractivity contribution in [1.82, 2.24) is 0 Å². The van der Waals surface area contributed by atoms with E-state index in [1.54, 1.807) is 29.5 Å². The Kier molecular flexibility index (Phi) is 15.0. The molecular weight excluding hydrogens is 540 g/mol. The lowest BCUT2D eigenvalue weighted by Gasteiger charge is -2.14. The van der Waals surface area contributed by atoms with Gasteiger partial charge in [0.25, 0.3) is 5.91 Å². The predicted molar refractivity (Wildman–Crippen MR) is 167 cm³/mol. The van der Waals surface area contributed by atoms with E-state index in [2.05, 4.69) is 40.7 Å². The van der Waals surface area contributed by atoms with Crippen molar-refractivity contribution in [3.05, 3.63) is 69.6 Å². The van der Waals surface area contributed by atoms with Gasteiger partial charge in [0, 0.05) is 18.2 Å². The summed E-state index contributed by atoms with van der Waals surface area (Å²) in [4.78, 5) is 12.6. The van der Waals surface area contributed by atoms with E-state index in [-0.39, 0.29) is 12.5 Å². The maximum absolute atomic E-state index is 12.6. The molecule has 1 aromatic heterocycles. The molecule has 0 aliphatic rings.